The Labute approximate surface area is 170 Å². The van der Waals surface area contributed by atoms with Crippen LogP contribution in [0.1, 0.15) is 40.9 Å². The van der Waals surface area contributed by atoms with E-state index in [2.05, 4.69) is 9.71 Å². The smallest absolute Gasteiger partial charge is 0.302 e. The Hall–Kier alpha value is -2.16. The van der Waals surface area contributed by atoms with Gasteiger partial charge in [-0.3, -0.25) is 4.57 Å². The van der Waals surface area contributed by atoms with E-state index in [0.717, 1.165) is 21.0 Å². The first kappa shape index (κ1) is 20.6. The monoisotopic (exact) mass is 419 g/mol. The largest absolute Gasteiger partial charge is 0.426 e. The van der Waals surface area contributed by atoms with E-state index in [9.17, 15) is 8.42 Å². The van der Waals surface area contributed by atoms with Crippen LogP contribution in [0.25, 0.3) is 0 Å². The van der Waals surface area contributed by atoms with Gasteiger partial charge in [-0.1, -0.05) is 17.7 Å². The van der Waals surface area contributed by atoms with Crippen molar-refractivity contribution < 1.29 is 13.2 Å². The first-order valence-corrected chi connectivity index (χ1v) is 11.4. The van der Waals surface area contributed by atoms with Crippen LogP contribution in [0.4, 0.5) is 0 Å². The minimum atomic E-state index is -3.62. The van der Waals surface area contributed by atoms with E-state index in [0.29, 0.717) is 23.2 Å². The van der Waals surface area contributed by atoms with E-state index in [-0.39, 0.29) is 0 Å². The SMILES string of the molecule is CCn1c(C(C)NS(=O)(=O)c2cc(C)sc2C)cnc1Oc1ccc(C)cc1. The number of hydrogen-bond donors (Lipinski definition) is 1. The molecule has 0 aliphatic heterocycles. The Morgan fingerprint density at radius 2 is 1.89 bits per heavy atom. The average molecular weight is 420 g/mol. The highest BCUT2D eigenvalue weighted by molar-refractivity contribution is 7.89. The zero-order valence-electron chi connectivity index (χ0n) is 16.7. The molecule has 0 saturated carbocycles. The molecule has 1 N–H and O–H groups in total. The van der Waals surface area contributed by atoms with Gasteiger partial charge in [-0.2, -0.15) is 0 Å². The van der Waals surface area contributed by atoms with E-state index in [4.69, 9.17) is 4.74 Å². The number of benzene rings is 1. The van der Waals surface area contributed by atoms with Crippen LogP contribution in [0.5, 0.6) is 11.8 Å². The zero-order valence-corrected chi connectivity index (χ0v) is 18.3. The van der Waals surface area contributed by atoms with Gasteiger partial charge >= 0.3 is 6.01 Å². The maximum absolute atomic E-state index is 12.8. The Kier molecular flexibility index (Phi) is 5.92. The molecule has 0 aliphatic carbocycles. The van der Waals surface area contributed by atoms with E-state index in [1.165, 1.54) is 11.3 Å². The molecule has 0 spiro atoms. The fourth-order valence-corrected chi connectivity index (χ4v) is 5.83. The molecule has 3 rings (SSSR count). The third-order valence-electron chi connectivity index (χ3n) is 4.46. The molecule has 2 heterocycles. The lowest BCUT2D eigenvalue weighted by Crippen LogP contribution is -2.28. The normalized spacial score (nSPS) is 12.9. The van der Waals surface area contributed by atoms with Crippen LogP contribution in [0.3, 0.4) is 0 Å². The summed E-state index contributed by atoms with van der Waals surface area (Å²) in [4.78, 5) is 6.44. The van der Waals surface area contributed by atoms with Crippen LogP contribution in [0.15, 0.2) is 41.4 Å². The maximum atomic E-state index is 12.8. The molecule has 0 radical (unpaired) electrons. The van der Waals surface area contributed by atoms with Gasteiger partial charge in [0, 0.05) is 16.3 Å². The summed E-state index contributed by atoms with van der Waals surface area (Å²) in [5.74, 6) is 0.690. The summed E-state index contributed by atoms with van der Waals surface area (Å²) in [6, 6.07) is 9.41. The first-order valence-electron chi connectivity index (χ1n) is 9.10. The van der Waals surface area contributed by atoms with Gasteiger partial charge in [0.15, 0.2) is 0 Å². The fourth-order valence-electron chi connectivity index (χ4n) is 3.06. The fraction of sp³-hybridized carbons (Fsp3) is 0.350. The Balaban J connectivity index is 1.84. The number of hydrogen-bond acceptors (Lipinski definition) is 5. The molecule has 0 saturated heterocycles. The molecule has 0 aliphatic rings. The summed E-state index contributed by atoms with van der Waals surface area (Å²) in [7, 11) is -3.62. The minimum Gasteiger partial charge on any atom is -0.426 e. The van der Waals surface area contributed by atoms with Crippen LogP contribution in [0.2, 0.25) is 0 Å². The molecule has 2 aromatic heterocycles. The van der Waals surface area contributed by atoms with Crippen molar-refractivity contribution in [3.63, 3.8) is 0 Å². The molecule has 150 valence electrons. The van der Waals surface area contributed by atoms with Crippen molar-refractivity contribution in [1.29, 1.82) is 0 Å². The highest BCUT2D eigenvalue weighted by Crippen LogP contribution is 2.28. The molecule has 28 heavy (non-hydrogen) atoms. The van der Waals surface area contributed by atoms with Crippen molar-refractivity contribution in [1.82, 2.24) is 14.3 Å². The molecular weight excluding hydrogens is 394 g/mol. The van der Waals surface area contributed by atoms with Crippen molar-refractivity contribution in [2.45, 2.75) is 52.1 Å². The van der Waals surface area contributed by atoms with Crippen molar-refractivity contribution >= 4 is 21.4 Å². The molecule has 1 unspecified atom stereocenters. The second-order valence-electron chi connectivity index (χ2n) is 6.75. The van der Waals surface area contributed by atoms with Gasteiger partial charge in [0.25, 0.3) is 0 Å². The van der Waals surface area contributed by atoms with Crippen LogP contribution in [0, 0.1) is 20.8 Å². The molecule has 6 nitrogen and oxygen atoms in total. The van der Waals surface area contributed by atoms with Gasteiger partial charge in [-0.15, -0.1) is 11.3 Å². The lowest BCUT2D eigenvalue weighted by molar-refractivity contribution is 0.408. The number of ether oxygens (including phenoxy) is 1. The van der Waals surface area contributed by atoms with Gasteiger partial charge in [0.2, 0.25) is 10.0 Å². The van der Waals surface area contributed by atoms with E-state index < -0.39 is 16.1 Å². The second kappa shape index (κ2) is 8.06. The number of imidazole rings is 1. The molecule has 3 aromatic rings. The van der Waals surface area contributed by atoms with Crippen molar-refractivity contribution in [2.24, 2.45) is 0 Å². The molecule has 0 bridgehead atoms. The molecule has 0 amide bonds. The van der Waals surface area contributed by atoms with Crippen LogP contribution < -0.4 is 9.46 Å². The molecule has 0 fully saturated rings. The molecule has 8 heteroatoms. The number of aromatic nitrogens is 2. The standard InChI is InChI=1S/C20H25N3O3S2/c1-6-23-18(12-21-20(23)26-17-9-7-13(2)8-10-17)15(4)22-28(24,25)19-11-14(3)27-16(19)5/h7-12,15,22H,6H2,1-5H3. The highest BCUT2D eigenvalue weighted by atomic mass is 32.2. The third kappa shape index (κ3) is 4.29. The lowest BCUT2D eigenvalue weighted by Gasteiger charge is -2.17. The van der Waals surface area contributed by atoms with Crippen LogP contribution in [-0.4, -0.2) is 18.0 Å². The van der Waals surface area contributed by atoms with Crippen LogP contribution in [-0.2, 0) is 16.6 Å². The summed E-state index contributed by atoms with van der Waals surface area (Å²) >= 11 is 1.48. The van der Waals surface area contributed by atoms with Gasteiger partial charge in [0.05, 0.1) is 22.8 Å². The van der Waals surface area contributed by atoms with Crippen molar-refractivity contribution in [2.75, 3.05) is 0 Å². The molecular formula is C20H25N3O3S2. The number of thiophene rings is 1. The summed E-state index contributed by atoms with van der Waals surface area (Å²) in [5.41, 5.74) is 1.90. The third-order valence-corrected chi connectivity index (χ3v) is 7.22. The van der Waals surface area contributed by atoms with E-state index in [1.807, 2.05) is 63.5 Å². The summed E-state index contributed by atoms with van der Waals surface area (Å²) in [6.07, 6.45) is 1.66. The first-order chi connectivity index (χ1) is 13.2. The Morgan fingerprint density at radius 3 is 2.46 bits per heavy atom. The number of nitrogens with zero attached hydrogens (tertiary/aromatic N) is 2. The van der Waals surface area contributed by atoms with Crippen molar-refractivity contribution in [3.8, 4) is 11.8 Å². The number of sulfonamides is 1. The maximum Gasteiger partial charge on any atom is 0.302 e. The van der Waals surface area contributed by atoms with E-state index >= 15 is 0 Å². The lowest BCUT2D eigenvalue weighted by atomic mass is 10.2. The predicted molar refractivity (Wildman–Crippen MR) is 112 cm³/mol. The Morgan fingerprint density at radius 1 is 1.21 bits per heavy atom. The van der Waals surface area contributed by atoms with Gasteiger partial charge in [0.1, 0.15) is 5.75 Å². The number of nitrogens with one attached hydrogen (secondary N) is 1. The van der Waals surface area contributed by atoms with E-state index in [1.54, 1.807) is 12.3 Å². The quantitative estimate of drug-likeness (QED) is 0.601. The Bertz CT molecular complexity index is 1070. The highest BCUT2D eigenvalue weighted by Gasteiger charge is 2.25. The molecule has 1 aromatic carbocycles. The van der Waals surface area contributed by atoms with Gasteiger partial charge in [-0.05, 0) is 52.8 Å². The van der Waals surface area contributed by atoms with Gasteiger partial charge in [-0.25, -0.2) is 18.1 Å². The van der Waals surface area contributed by atoms with Gasteiger partial charge < -0.3 is 4.74 Å². The topological polar surface area (TPSA) is 73.2 Å². The summed E-state index contributed by atoms with van der Waals surface area (Å²) in [6.45, 7) is 10.1. The predicted octanol–water partition coefficient (Wildman–Crippen LogP) is 4.72. The summed E-state index contributed by atoms with van der Waals surface area (Å²) < 4.78 is 36.2. The second-order valence-corrected chi connectivity index (χ2v) is 9.89. The summed E-state index contributed by atoms with van der Waals surface area (Å²) in [5, 5.41) is 0. The number of aryl methyl sites for hydroxylation is 3. The number of rotatable bonds is 7. The zero-order chi connectivity index (χ0) is 20.5. The molecule has 1 atom stereocenters. The average Bonchev–Trinajstić information content (AvgIpc) is 3.19. The van der Waals surface area contributed by atoms with Crippen molar-refractivity contribution in [3.05, 3.63) is 57.5 Å². The van der Waals surface area contributed by atoms with Crippen LogP contribution >= 0.6 is 11.3 Å². The minimum absolute atomic E-state index is 0.334.